The summed E-state index contributed by atoms with van der Waals surface area (Å²) in [7, 11) is 0. The van der Waals surface area contributed by atoms with Crippen LogP contribution in [0.4, 0.5) is 0 Å². The summed E-state index contributed by atoms with van der Waals surface area (Å²) >= 11 is 3.41. The van der Waals surface area contributed by atoms with Crippen molar-refractivity contribution in [3.05, 3.63) is 52.0 Å². The van der Waals surface area contributed by atoms with Crippen LogP contribution < -0.4 is 0 Å². The molecule has 0 saturated carbocycles. The Labute approximate surface area is 115 Å². The number of imidazole rings is 1. The third-order valence-corrected chi connectivity index (χ3v) is 3.15. The fourth-order valence-corrected chi connectivity index (χ4v) is 2.54. The van der Waals surface area contributed by atoms with Gasteiger partial charge < -0.3 is 4.57 Å². The highest BCUT2D eigenvalue weighted by Crippen LogP contribution is 2.18. The van der Waals surface area contributed by atoms with Gasteiger partial charge in [-0.15, -0.1) is 0 Å². The van der Waals surface area contributed by atoms with Gasteiger partial charge in [-0.25, -0.2) is 4.98 Å². The van der Waals surface area contributed by atoms with E-state index in [1.54, 1.807) is 6.20 Å². The van der Waals surface area contributed by atoms with Gasteiger partial charge in [-0.1, -0.05) is 22.9 Å². The van der Waals surface area contributed by atoms with Crippen molar-refractivity contribution in [3.63, 3.8) is 0 Å². The van der Waals surface area contributed by atoms with Crippen LogP contribution in [0, 0.1) is 6.92 Å². The molecule has 1 aromatic carbocycles. The largest absolute Gasteiger partial charge is 0.328 e. The molecule has 1 heterocycles. The molecular weight excluding hydrogens is 292 g/mol. The Morgan fingerprint density at radius 1 is 1.39 bits per heavy atom. The van der Waals surface area contributed by atoms with Crippen LogP contribution in [0.5, 0.6) is 0 Å². The van der Waals surface area contributed by atoms with E-state index in [-0.39, 0.29) is 5.78 Å². The van der Waals surface area contributed by atoms with E-state index in [0.29, 0.717) is 11.4 Å². The molecule has 0 aliphatic heterocycles. The Morgan fingerprint density at radius 3 is 2.83 bits per heavy atom. The molecule has 0 fully saturated rings. The van der Waals surface area contributed by atoms with Crippen molar-refractivity contribution < 1.29 is 4.79 Å². The molecule has 0 bridgehead atoms. The maximum absolute atomic E-state index is 12.4. The van der Waals surface area contributed by atoms with Crippen molar-refractivity contribution in [2.45, 2.75) is 26.8 Å². The van der Waals surface area contributed by atoms with Gasteiger partial charge in [0.25, 0.3) is 0 Å². The summed E-state index contributed by atoms with van der Waals surface area (Å²) in [5, 5.41) is 0. The number of aryl methyl sites for hydroxylation is 2. The van der Waals surface area contributed by atoms with Crippen molar-refractivity contribution in [1.82, 2.24) is 9.55 Å². The number of hydrogen-bond donors (Lipinski definition) is 0. The normalized spacial score (nSPS) is 10.6. The van der Waals surface area contributed by atoms with Gasteiger partial charge >= 0.3 is 0 Å². The number of nitrogens with zero attached hydrogens (tertiary/aromatic N) is 2. The van der Waals surface area contributed by atoms with Crippen LogP contribution in [0.3, 0.4) is 0 Å². The minimum Gasteiger partial charge on any atom is -0.328 e. The van der Waals surface area contributed by atoms with E-state index in [4.69, 9.17) is 0 Å². The summed E-state index contributed by atoms with van der Waals surface area (Å²) in [6, 6.07) is 5.70. The zero-order valence-electron chi connectivity index (χ0n) is 10.5. The van der Waals surface area contributed by atoms with Crippen molar-refractivity contribution in [3.8, 4) is 0 Å². The summed E-state index contributed by atoms with van der Waals surface area (Å²) < 4.78 is 2.82. The number of carbonyl (C=O) groups is 1. The number of ketones is 1. The second-order valence-electron chi connectivity index (χ2n) is 4.29. The highest BCUT2D eigenvalue weighted by molar-refractivity contribution is 9.10. The van der Waals surface area contributed by atoms with Crippen LogP contribution in [0.15, 0.2) is 35.1 Å². The van der Waals surface area contributed by atoms with Crippen LogP contribution in [0.1, 0.15) is 35.1 Å². The first-order valence-corrected chi connectivity index (χ1v) is 6.74. The Bertz CT molecular complexity index is 555. The molecule has 0 unspecified atom stereocenters. The molecule has 0 atom stereocenters. The van der Waals surface area contributed by atoms with Gasteiger partial charge in [0, 0.05) is 29.0 Å². The van der Waals surface area contributed by atoms with E-state index in [1.807, 2.05) is 35.9 Å². The number of halogens is 1. The molecule has 0 radical (unpaired) electrons. The molecular formula is C14H15BrN2O. The summed E-state index contributed by atoms with van der Waals surface area (Å²) in [5.41, 5.74) is 1.73. The van der Waals surface area contributed by atoms with E-state index in [9.17, 15) is 4.79 Å². The van der Waals surface area contributed by atoms with Crippen LogP contribution in [0.2, 0.25) is 0 Å². The lowest BCUT2D eigenvalue weighted by Gasteiger charge is -2.06. The highest BCUT2D eigenvalue weighted by atomic mass is 79.9. The highest BCUT2D eigenvalue weighted by Gasteiger charge is 2.15. The SMILES string of the molecule is CCCn1ccnc1C(=O)c1cc(C)cc(Br)c1. The summed E-state index contributed by atoms with van der Waals surface area (Å²) in [5.74, 6) is 0.479. The fourth-order valence-electron chi connectivity index (χ4n) is 1.94. The number of rotatable bonds is 4. The molecule has 0 N–H and O–H groups in total. The van der Waals surface area contributed by atoms with Crippen LogP contribution in [-0.4, -0.2) is 15.3 Å². The monoisotopic (exact) mass is 306 g/mol. The molecule has 18 heavy (non-hydrogen) atoms. The van der Waals surface area contributed by atoms with E-state index in [0.717, 1.165) is 23.0 Å². The zero-order chi connectivity index (χ0) is 13.1. The van der Waals surface area contributed by atoms with Gasteiger partial charge in [0.2, 0.25) is 5.78 Å². The molecule has 0 aliphatic rings. The lowest BCUT2D eigenvalue weighted by Crippen LogP contribution is -2.11. The quantitative estimate of drug-likeness (QED) is 0.809. The molecule has 0 spiro atoms. The van der Waals surface area contributed by atoms with Crippen molar-refractivity contribution in [2.24, 2.45) is 0 Å². The van der Waals surface area contributed by atoms with Crippen LogP contribution in [0.25, 0.3) is 0 Å². The Morgan fingerprint density at radius 2 is 2.17 bits per heavy atom. The van der Waals surface area contributed by atoms with Crippen LogP contribution >= 0.6 is 15.9 Å². The Hall–Kier alpha value is -1.42. The molecule has 2 rings (SSSR count). The summed E-state index contributed by atoms with van der Waals surface area (Å²) in [4.78, 5) is 16.6. The lowest BCUT2D eigenvalue weighted by molar-refractivity contribution is 0.102. The first-order chi connectivity index (χ1) is 8.61. The lowest BCUT2D eigenvalue weighted by atomic mass is 10.1. The van der Waals surface area contributed by atoms with E-state index in [2.05, 4.69) is 27.8 Å². The molecule has 0 saturated heterocycles. The van der Waals surface area contributed by atoms with Gasteiger partial charge in [0.1, 0.15) is 0 Å². The number of hydrogen-bond acceptors (Lipinski definition) is 2. The summed E-state index contributed by atoms with van der Waals surface area (Å²) in [6.45, 7) is 4.87. The number of benzene rings is 1. The van der Waals surface area contributed by atoms with Crippen molar-refractivity contribution in [1.29, 1.82) is 0 Å². The second-order valence-corrected chi connectivity index (χ2v) is 5.21. The zero-order valence-corrected chi connectivity index (χ0v) is 12.1. The molecule has 4 heteroatoms. The fraction of sp³-hybridized carbons (Fsp3) is 0.286. The smallest absolute Gasteiger partial charge is 0.228 e. The average molecular weight is 307 g/mol. The maximum atomic E-state index is 12.4. The van der Waals surface area contributed by atoms with Gasteiger partial charge in [0.05, 0.1) is 0 Å². The minimum absolute atomic E-state index is 0.0298. The van der Waals surface area contributed by atoms with Crippen LogP contribution in [-0.2, 0) is 6.54 Å². The number of carbonyl (C=O) groups excluding carboxylic acids is 1. The average Bonchev–Trinajstić information content (AvgIpc) is 2.75. The second kappa shape index (κ2) is 5.48. The van der Waals surface area contributed by atoms with Gasteiger partial charge in [-0.2, -0.15) is 0 Å². The first kappa shape index (κ1) is 13.0. The van der Waals surface area contributed by atoms with E-state index < -0.39 is 0 Å². The molecule has 1 aromatic heterocycles. The topological polar surface area (TPSA) is 34.9 Å². The van der Waals surface area contributed by atoms with E-state index in [1.165, 1.54) is 0 Å². The predicted molar refractivity (Wildman–Crippen MR) is 74.8 cm³/mol. The third-order valence-electron chi connectivity index (χ3n) is 2.69. The van der Waals surface area contributed by atoms with Crippen molar-refractivity contribution in [2.75, 3.05) is 0 Å². The van der Waals surface area contributed by atoms with Gasteiger partial charge in [0.15, 0.2) is 5.82 Å². The maximum Gasteiger partial charge on any atom is 0.228 e. The van der Waals surface area contributed by atoms with Gasteiger partial charge in [-0.05, 0) is 37.1 Å². The molecule has 3 nitrogen and oxygen atoms in total. The summed E-state index contributed by atoms with van der Waals surface area (Å²) in [6.07, 6.45) is 4.50. The number of aromatic nitrogens is 2. The van der Waals surface area contributed by atoms with E-state index >= 15 is 0 Å². The predicted octanol–water partition coefficient (Wildman–Crippen LogP) is 3.60. The van der Waals surface area contributed by atoms with Crippen molar-refractivity contribution >= 4 is 21.7 Å². The standard InChI is InChI=1S/C14H15BrN2O/c1-3-5-17-6-4-16-14(17)13(18)11-7-10(2)8-12(15)9-11/h4,6-9H,3,5H2,1-2H3. The Balaban J connectivity index is 2.38. The molecule has 0 aliphatic carbocycles. The van der Waals surface area contributed by atoms with Gasteiger partial charge in [-0.3, -0.25) is 4.79 Å². The minimum atomic E-state index is -0.0298. The molecule has 2 aromatic rings. The Kier molecular flexibility index (Phi) is 3.97. The third kappa shape index (κ3) is 2.70. The molecule has 0 amide bonds. The molecule has 94 valence electrons. The first-order valence-electron chi connectivity index (χ1n) is 5.95.